The predicted molar refractivity (Wildman–Crippen MR) is 57.4 cm³/mol. The zero-order valence-corrected chi connectivity index (χ0v) is 9.51. The lowest BCUT2D eigenvalue weighted by molar-refractivity contribution is -0.0230. The molecule has 1 aromatic heterocycles. The Morgan fingerprint density at radius 3 is 3.00 bits per heavy atom. The summed E-state index contributed by atoms with van der Waals surface area (Å²) >= 11 is 0. The Hall–Kier alpha value is -1.36. The molecule has 1 N–H and O–H groups in total. The van der Waals surface area contributed by atoms with E-state index in [1.54, 1.807) is 10.9 Å². The van der Waals surface area contributed by atoms with E-state index in [2.05, 4.69) is 18.9 Å². The van der Waals surface area contributed by atoms with Crippen LogP contribution in [0.4, 0.5) is 0 Å². The van der Waals surface area contributed by atoms with Crippen LogP contribution in [-0.4, -0.2) is 32.6 Å². The zero-order valence-electron chi connectivity index (χ0n) is 9.51. The van der Waals surface area contributed by atoms with Gasteiger partial charge < -0.3 is 9.84 Å². The van der Waals surface area contributed by atoms with E-state index in [0.29, 0.717) is 6.54 Å². The van der Waals surface area contributed by atoms with Crippen LogP contribution in [0.3, 0.4) is 0 Å². The molecule has 1 unspecified atom stereocenters. The zero-order chi connectivity index (χ0) is 11.8. The fraction of sp³-hybridized carbons (Fsp3) is 0.636. The van der Waals surface area contributed by atoms with Gasteiger partial charge >= 0.3 is 5.97 Å². The average Bonchev–Trinajstić information content (AvgIpc) is 2.73. The number of aromatic carboxylic acids is 1. The van der Waals surface area contributed by atoms with Crippen LogP contribution in [0.1, 0.15) is 37.2 Å². The molecule has 0 saturated carbocycles. The monoisotopic (exact) mass is 224 g/mol. The standard InChI is InChI=1S/C11H16N2O3/c1-11(2)5-3-8(16-11)7-13-6-4-9(12-13)10(14)15/h4,6,8H,3,5,7H2,1-2H3,(H,14,15). The fourth-order valence-electron chi connectivity index (χ4n) is 1.99. The summed E-state index contributed by atoms with van der Waals surface area (Å²) in [6.45, 7) is 4.76. The largest absolute Gasteiger partial charge is 0.476 e. The second kappa shape index (κ2) is 3.90. The summed E-state index contributed by atoms with van der Waals surface area (Å²) in [5.74, 6) is -0.994. The minimum atomic E-state index is -0.994. The van der Waals surface area contributed by atoms with Gasteiger partial charge in [0.1, 0.15) is 0 Å². The van der Waals surface area contributed by atoms with Gasteiger partial charge in [0.2, 0.25) is 0 Å². The van der Waals surface area contributed by atoms with E-state index < -0.39 is 5.97 Å². The molecule has 1 fully saturated rings. The third-order valence-electron chi connectivity index (χ3n) is 2.80. The first-order valence-electron chi connectivity index (χ1n) is 5.41. The van der Waals surface area contributed by atoms with E-state index in [1.807, 2.05) is 0 Å². The first kappa shape index (κ1) is 11.1. The van der Waals surface area contributed by atoms with Crippen LogP contribution in [0.5, 0.6) is 0 Å². The van der Waals surface area contributed by atoms with Crippen molar-refractivity contribution in [3.05, 3.63) is 18.0 Å². The van der Waals surface area contributed by atoms with Crippen LogP contribution in [0.25, 0.3) is 0 Å². The van der Waals surface area contributed by atoms with Crippen molar-refractivity contribution in [3.63, 3.8) is 0 Å². The minimum absolute atomic E-state index is 0.0621. The Bertz CT molecular complexity index is 398. The van der Waals surface area contributed by atoms with Crippen molar-refractivity contribution in [2.75, 3.05) is 0 Å². The molecule has 0 radical (unpaired) electrons. The molecule has 2 rings (SSSR count). The smallest absolute Gasteiger partial charge is 0.356 e. The van der Waals surface area contributed by atoms with Crippen LogP contribution in [0.2, 0.25) is 0 Å². The Kier molecular flexibility index (Phi) is 2.71. The van der Waals surface area contributed by atoms with Gasteiger partial charge in [-0.2, -0.15) is 5.10 Å². The van der Waals surface area contributed by atoms with Crippen molar-refractivity contribution < 1.29 is 14.6 Å². The van der Waals surface area contributed by atoms with Crippen molar-refractivity contribution in [2.45, 2.75) is 44.9 Å². The van der Waals surface area contributed by atoms with Gasteiger partial charge in [0.05, 0.1) is 18.2 Å². The first-order valence-corrected chi connectivity index (χ1v) is 5.41. The molecule has 0 aromatic carbocycles. The number of ether oxygens (including phenoxy) is 1. The topological polar surface area (TPSA) is 64.4 Å². The lowest BCUT2D eigenvalue weighted by atomic mass is 10.1. The Morgan fingerprint density at radius 1 is 1.75 bits per heavy atom. The van der Waals surface area contributed by atoms with Gasteiger partial charge in [-0.1, -0.05) is 0 Å². The molecule has 1 aliphatic rings. The highest BCUT2D eigenvalue weighted by Crippen LogP contribution is 2.29. The van der Waals surface area contributed by atoms with Gasteiger partial charge in [0.15, 0.2) is 5.69 Å². The predicted octanol–water partition coefficient (Wildman–Crippen LogP) is 1.54. The number of nitrogens with zero attached hydrogens (tertiary/aromatic N) is 2. The molecule has 1 atom stereocenters. The van der Waals surface area contributed by atoms with Crippen LogP contribution in [0.15, 0.2) is 12.3 Å². The van der Waals surface area contributed by atoms with Crippen molar-refractivity contribution in [1.82, 2.24) is 9.78 Å². The maximum Gasteiger partial charge on any atom is 0.356 e. The van der Waals surface area contributed by atoms with E-state index >= 15 is 0 Å². The maximum atomic E-state index is 10.6. The molecule has 2 heterocycles. The molecular formula is C11H16N2O3. The number of hydrogen-bond acceptors (Lipinski definition) is 3. The third kappa shape index (κ3) is 2.41. The Balaban J connectivity index is 1.97. The average molecular weight is 224 g/mol. The van der Waals surface area contributed by atoms with Crippen molar-refractivity contribution in [1.29, 1.82) is 0 Å². The van der Waals surface area contributed by atoms with E-state index in [-0.39, 0.29) is 17.4 Å². The maximum absolute atomic E-state index is 10.6. The van der Waals surface area contributed by atoms with Crippen molar-refractivity contribution in [3.8, 4) is 0 Å². The van der Waals surface area contributed by atoms with Crippen LogP contribution >= 0.6 is 0 Å². The van der Waals surface area contributed by atoms with Gasteiger partial charge in [0.25, 0.3) is 0 Å². The number of aromatic nitrogens is 2. The van der Waals surface area contributed by atoms with Gasteiger partial charge in [-0.15, -0.1) is 0 Å². The second-order valence-electron chi connectivity index (χ2n) is 4.77. The summed E-state index contributed by atoms with van der Waals surface area (Å²) < 4.78 is 7.45. The van der Waals surface area contributed by atoms with Crippen LogP contribution in [-0.2, 0) is 11.3 Å². The number of hydrogen-bond donors (Lipinski definition) is 1. The van der Waals surface area contributed by atoms with Crippen molar-refractivity contribution >= 4 is 5.97 Å². The molecule has 16 heavy (non-hydrogen) atoms. The lowest BCUT2D eigenvalue weighted by Gasteiger charge is -2.19. The quantitative estimate of drug-likeness (QED) is 0.845. The summed E-state index contributed by atoms with van der Waals surface area (Å²) in [5, 5.41) is 12.7. The summed E-state index contributed by atoms with van der Waals surface area (Å²) in [6, 6.07) is 1.50. The highest BCUT2D eigenvalue weighted by molar-refractivity contribution is 5.84. The van der Waals surface area contributed by atoms with Gasteiger partial charge in [-0.3, -0.25) is 4.68 Å². The SMILES string of the molecule is CC1(C)CCC(Cn2ccc(C(=O)O)n2)O1. The molecule has 0 aliphatic carbocycles. The van der Waals surface area contributed by atoms with Gasteiger partial charge in [0, 0.05) is 6.20 Å². The summed E-state index contributed by atoms with van der Waals surface area (Å²) in [5.41, 5.74) is 0.0187. The van der Waals surface area contributed by atoms with E-state index in [0.717, 1.165) is 12.8 Å². The van der Waals surface area contributed by atoms with E-state index in [4.69, 9.17) is 9.84 Å². The fourth-order valence-corrected chi connectivity index (χ4v) is 1.99. The summed E-state index contributed by atoms with van der Waals surface area (Å²) in [7, 11) is 0. The molecule has 1 saturated heterocycles. The molecular weight excluding hydrogens is 208 g/mol. The number of carboxylic acids is 1. The third-order valence-corrected chi connectivity index (χ3v) is 2.80. The summed E-state index contributed by atoms with van der Waals surface area (Å²) in [4.78, 5) is 10.6. The molecule has 0 spiro atoms. The molecule has 0 bridgehead atoms. The number of rotatable bonds is 3. The highest BCUT2D eigenvalue weighted by Gasteiger charge is 2.31. The molecule has 88 valence electrons. The Morgan fingerprint density at radius 2 is 2.50 bits per heavy atom. The normalized spacial score (nSPS) is 23.5. The molecule has 0 amide bonds. The molecule has 5 heteroatoms. The number of carbonyl (C=O) groups is 1. The van der Waals surface area contributed by atoms with E-state index in [9.17, 15) is 4.79 Å². The van der Waals surface area contributed by atoms with E-state index in [1.165, 1.54) is 6.07 Å². The van der Waals surface area contributed by atoms with Gasteiger partial charge in [-0.05, 0) is 32.8 Å². The highest BCUT2D eigenvalue weighted by atomic mass is 16.5. The summed E-state index contributed by atoms with van der Waals surface area (Å²) in [6.07, 6.45) is 3.84. The number of carboxylic acid groups (broad SMARTS) is 1. The second-order valence-corrected chi connectivity index (χ2v) is 4.77. The Labute approximate surface area is 94.0 Å². The van der Waals surface area contributed by atoms with Gasteiger partial charge in [-0.25, -0.2) is 4.79 Å². The van der Waals surface area contributed by atoms with Crippen LogP contribution in [0, 0.1) is 0 Å². The minimum Gasteiger partial charge on any atom is -0.476 e. The van der Waals surface area contributed by atoms with Crippen molar-refractivity contribution in [2.24, 2.45) is 0 Å². The molecule has 5 nitrogen and oxygen atoms in total. The molecule has 1 aromatic rings. The van der Waals surface area contributed by atoms with Crippen LogP contribution < -0.4 is 0 Å². The lowest BCUT2D eigenvalue weighted by Crippen LogP contribution is -2.23. The molecule has 1 aliphatic heterocycles. The first-order chi connectivity index (χ1) is 7.46.